The van der Waals surface area contributed by atoms with Gasteiger partial charge in [0.05, 0.1) is 12.8 Å². The molecule has 0 amide bonds. The molecule has 10 heteroatoms. The third-order valence-corrected chi connectivity index (χ3v) is 1.36. The summed E-state index contributed by atoms with van der Waals surface area (Å²) in [6.07, 6.45) is -0.107. The molecule has 8 nitrogen and oxygen atoms in total. The average molecular weight is 264 g/mol. The Kier molecular flexibility index (Phi) is 7.20. The average Bonchev–Trinajstić information content (AvgIpc) is 2.21. The molecule has 0 aliphatic rings. The van der Waals surface area contributed by atoms with E-state index in [2.05, 4.69) is 45.5 Å². The molecule has 0 radical (unpaired) electrons. The van der Waals surface area contributed by atoms with Crippen molar-refractivity contribution in [1.29, 1.82) is 0 Å². The lowest BCUT2D eigenvalue weighted by Gasteiger charge is -2.06. The predicted octanol–water partition coefficient (Wildman–Crippen LogP) is -2.65. The minimum atomic E-state index is -1.22. The molecule has 0 rings (SSSR count). The first-order valence-corrected chi connectivity index (χ1v) is 4.79. The Balaban J connectivity index is 4.54. The molecule has 1 atom stereocenters. The molecular formula is C6H12N6O2S2. The van der Waals surface area contributed by atoms with Crippen LogP contribution in [-0.2, 0) is 0 Å². The number of hydrogen-bond donors (Lipinski definition) is 6. The van der Waals surface area contributed by atoms with Gasteiger partial charge in [-0.1, -0.05) is 0 Å². The maximum atomic E-state index is 9.31. The Bertz CT molecular complexity index is 318. The smallest absolute Gasteiger partial charge is 0.184 e. The third-order valence-electron chi connectivity index (χ3n) is 1.18. The molecule has 0 aromatic carbocycles. The second-order valence-corrected chi connectivity index (χ2v) is 3.33. The Morgan fingerprint density at radius 2 is 1.88 bits per heavy atom. The van der Waals surface area contributed by atoms with Gasteiger partial charge < -0.3 is 21.7 Å². The van der Waals surface area contributed by atoms with Gasteiger partial charge in [0.2, 0.25) is 0 Å². The topological polar surface area (TPSA) is 141 Å². The highest BCUT2D eigenvalue weighted by atomic mass is 32.1. The van der Waals surface area contributed by atoms with Gasteiger partial charge in [0, 0.05) is 0 Å². The molecule has 0 spiro atoms. The Morgan fingerprint density at radius 1 is 1.31 bits per heavy atom. The molecule has 8 N–H and O–H groups in total. The summed E-state index contributed by atoms with van der Waals surface area (Å²) in [6, 6.07) is 0. The Hall–Kier alpha value is -1.36. The number of aliphatic hydroxyl groups is 2. The van der Waals surface area contributed by atoms with E-state index < -0.39 is 12.7 Å². The number of nitrogens with one attached hydrogen (secondary N) is 2. The van der Waals surface area contributed by atoms with E-state index in [0.29, 0.717) is 0 Å². The first kappa shape index (κ1) is 14.6. The summed E-state index contributed by atoms with van der Waals surface area (Å²) in [6.45, 7) is -0.531. The molecule has 0 heterocycles. The van der Waals surface area contributed by atoms with E-state index in [9.17, 15) is 5.11 Å². The van der Waals surface area contributed by atoms with E-state index in [1.165, 1.54) is 0 Å². The molecule has 16 heavy (non-hydrogen) atoms. The van der Waals surface area contributed by atoms with Crippen LogP contribution in [0.1, 0.15) is 0 Å². The zero-order valence-corrected chi connectivity index (χ0v) is 9.75. The fourth-order valence-corrected chi connectivity index (χ4v) is 0.663. The highest BCUT2D eigenvalue weighted by Gasteiger charge is 2.09. The van der Waals surface area contributed by atoms with E-state index in [4.69, 9.17) is 16.6 Å². The second-order valence-electron chi connectivity index (χ2n) is 2.45. The van der Waals surface area contributed by atoms with Crippen molar-refractivity contribution in [3.8, 4) is 0 Å². The lowest BCUT2D eigenvalue weighted by molar-refractivity contribution is 0.146. The minimum Gasteiger partial charge on any atom is -0.393 e. The monoisotopic (exact) mass is 264 g/mol. The van der Waals surface area contributed by atoms with Crippen molar-refractivity contribution in [3.63, 3.8) is 0 Å². The van der Waals surface area contributed by atoms with Crippen molar-refractivity contribution >= 4 is 46.6 Å². The Morgan fingerprint density at radius 3 is 2.31 bits per heavy atom. The number of thiocarbonyl (C=S) groups is 2. The number of nitrogens with two attached hydrogens (primary N) is 2. The SMILES string of the molecule is NC(=S)N/N=C\C(=N/NC(N)=S)[C@@H](O)CO. The van der Waals surface area contributed by atoms with Gasteiger partial charge in [0.1, 0.15) is 11.8 Å². The summed E-state index contributed by atoms with van der Waals surface area (Å²) in [5.74, 6) is 0. The normalized spacial score (nSPS) is 13.5. The quantitative estimate of drug-likeness (QED) is 0.180. The highest BCUT2D eigenvalue weighted by molar-refractivity contribution is 7.80. The predicted molar refractivity (Wildman–Crippen MR) is 68.9 cm³/mol. The number of hydrazone groups is 2. The molecule has 0 fully saturated rings. The molecule has 90 valence electrons. The summed E-state index contributed by atoms with van der Waals surface area (Å²) in [5.41, 5.74) is 14.7. The molecule has 0 saturated carbocycles. The van der Waals surface area contributed by atoms with Crippen molar-refractivity contribution in [2.75, 3.05) is 6.61 Å². The molecule has 0 aliphatic carbocycles. The van der Waals surface area contributed by atoms with E-state index >= 15 is 0 Å². The van der Waals surface area contributed by atoms with Gasteiger partial charge in [-0.05, 0) is 24.4 Å². The van der Waals surface area contributed by atoms with Crippen LogP contribution in [0.15, 0.2) is 10.2 Å². The lowest BCUT2D eigenvalue weighted by atomic mass is 10.2. The fraction of sp³-hybridized carbons (Fsp3) is 0.333. The minimum absolute atomic E-state index is 0.0130. The van der Waals surface area contributed by atoms with E-state index in [1.54, 1.807) is 0 Å². The number of aliphatic hydroxyl groups excluding tert-OH is 2. The Labute approximate surface area is 102 Å². The molecule has 0 aromatic rings. The molecule has 0 aliphatic heterocycles. The van der Waals surface area contributed by atoms with Gasteiger partial charge in [-0.15, -0.1) is 0 Å². The van der Waals surface area contributed by atoms with Gasteiger partial charge in [0.15, 0.2) is 10.2 Å². The van der Waals surface area contributed by atoms with Crippen LogP contribution in [0.4, 0.5) is 0 Å². The van der Waals surface area contributed by atoms with Crippen LogP contribution in [-0.4, -0.2) is 45.1 Å². The van der Waals surface area contributed by atoms with Crippen LogP contribution in [0.2, 0.25) is 0 Å². The van der Waals surface area contributed by atoms with Crippen LogP contribution in [0, 0.1) is 0 Å². The van der Waals surface area contributed by atoms with Gasteiger partial charge in [-0.3, -0.25) is 10.9 Å². The van der Waals surface area contributed by atoms with E-state index in [1.807, 2.05) is 0 Å². The van der Waals surface area contributed by atoms with Gasteiger partial charge in [-0.25, -0.2) is 0 Å². The van der Waals surface area contributed by atoms with Crippen molar-refractivity contribution in [2.24, 2.45) is 21.7 Å². The van der Waals surface area contributed by atoms with Crippen LogP contribution in [0.5, 0.6) is 0 Å². The standard InChI is InChI=1S/C6H12N6O2S2/c7-5(15)11-9-1-3(4(14)2-13)10-12-6(8)16/h1,4,13-14H,2H2,(H3,7,11,15)(H3,8,12,16)/b9-1-,10-3+/t4-/m0/s1. The molecule has 0 saturated heterocycles. The zero-order valence-electron chi connectivity index (χ0n) is 8.12. The lowest BCUT2D eigenvalue weighted by Crippen LogP contribution is -2.33. The fourth-order valence-electron chi connectivity index (χ4n) is 0.565. The highest BCUT2D eigenvalue weighted by Crippen LogP contribution is 1.85. The van der Waals surface area contributed by atoms with Gasteiger partial charge >= 0.3 is 0 Å². The summed E-state index contributed by atoms with van der Waals surface area (Å²) < 4.78 is 0. The molecule has 0 bridgehead atoms. The van der Waals surface area contributed by atoms with Crippen LogP contribution < -0.4 is 22.3 Å². The van der Waals surface area contributed by atoms with Crippen molar-refractivity contribution in [3.05, 3.63) is 0 Å². The molecular weight excluding hydrogens is 252 g/mol. The number of nitrogens with zero attached hydrogens (tertiary/aromatic N) is 2. The van der Waals surface area contributed by atoms with Gasteiger partial charge in [0.25, 0.3) is 0 Å². The summed E-state index contributed by atoms with van der Waals surface area (Å²) in [4.78, 5) is 0. The maximum Gasteiger partial charge on any atom is 0.184 e. The van der Waals surface area contributed by atoms with Crippen LogP contribution in [0.3, 0.4) is 0 Å². The molecule has 0 aromatic heterocycles. The third kappa shape index (κ3) is 7.00. The number of rotatable bonds is 5. The number of hydrogen-bond acceptors (Lipinski definition) is 6. The van der Waals surface area contributed by atoms with Crippen LogP contribution in [0.25, 0.3) is 0 Å². The first-order chi connectivity index (χ1) is 7.47. The van der Waals surface area contributed by atoms with Crippen LogP contribution >= 0.6 is 24.4 Å². The van der Waals surface area contributed by atoms with Crippen molar-refractivity contribution in [1.82, 2.24) is 10.9 Å². The molecule has 0 unspecified atom stereocenters. The van der Waals surface area contributed by atoms with E-state index in [0.717, 1.165) is 6.21 Å². The van der Waals surface area contributed by atoms with E-state index in [-0.39, 0.29) is 15.9 Å². The summed E-state index contributed by atoms with van der Waals surface area (Å²) in [5, 5.41) is 25.1. The zero-order chi connectivity index (χ0) is 12.6. The summed E-state index contributed by atoms with van der Waals surface area (Å²) in [7, 11) is 0. The first-order valence-electron chi connectivity index (χ1n) is 3.97. The van der Waals surface area contributed by atoms with Gasteiger partial charge in [-0.2, -0.15) is 10.2 Å². The largest absolute Gasteiger partial charge is 0.393 e. The van der Waals surface area contributed by atoms with Crippen molar-refractivity contribution < 1.29 is 10.2 Å². The maximum absolute atomic E-state index is 9.31. The van der Waals surface area contributed by atoms with Crippen molar-refractivity contribution in [2.45, 2.75) is 6.10 Å². The summed E-state index contributed by atoms with van der Waals surface area (Å²) >= 11 is 9.00. The second kappa shape index (κ2) is 7.87.